The number of pyridine rings is 1. The number of benzene rings is 1. The Labute approximate surface area is 193 Å². The second-order valence-corrected chi connectivity index (χ2v) is 9.13. The zero-order valence-electron chi connectivity index (χ0n) is 19.2. The quantitative estimate of drug-likeness (QED) is 0.651. The molecule has 0 spiro atoms. The molecule has 3 heterocycles. The van der Waals surface area contributed by atoms with Gasteiger partial charge >= 0.3 is 6.09 Å². The fourth-order valence-electron chi connectivity index (χ4n) is 3.77. The highest BCUT2D eigenvalue weighted by molar-refractivity contribution is 6.00. The monoisotopic (exact) mass is 447 g/mol. The first-order valence-corrected chi connectivity index (χ1v) is 11.1. The summed E-state index contributed by atoms with van der Waals surface area (Å²) in [6, 6.07) is 13.4. The van der Waals surface area contributed by atoms with Gasteiger partial charge in [0.2, 0.25) is 0 Å². The van der Waals surface area contributed by atoms with Crippen molar-refractivity contribution < 1.29 is 14.3 Å². The Balaban J connectivity index is 1.48. The molecule has 0 radical (unpaired) electrons. The summed E-state index contributed by atoms with van der Waals surface area (Å²) in [6.45, 7) is 6.64. The number of hydrogen-bond acceptors (Lipinski definition) is 5. The maximum absolute atomic E-state index is 13.3. The molecule has 3 aromatic rings. The van der Waals surface area contributed by atoms with Crippen LogP contribution in [0.4, 0.5) is 4.79 Å². The van der Waals surface area contributed by atoms with E-state index in [-0.39, 0.29) is 18.0 Å². The number of hydrogen-bond donors (Lipinski definition) is 1. The SMILES string of the molecule is CC(C)(C)OC(=O)N1CCC(NC(=O)c2cn(-c3ccccc3)nc2-c2cccnc2)CC1. The maximum atomic E-state index is 13.3. The molecule has 0 saturated carbocycles. The average molecular weight is 448 g/mol. The fourth-order valence-corrected chi connectivity index (χ4v) is 3.77. The lowest BCUT2D eigenvalue weighted by atomic mass is 10.0. The second kappa shape index (κ2) is 9.44. The summed E-state index contributed by atoms with van der Waals surface area (Å²) in [6.07, 6.45) is 6.17. The van der Waals surface area contributed by atoms with Gasteiger partial charge in [-0.25, -0.2) is 9.48 Å². The zero-order chi connectivity index (χ0) is 23.4. The number of amides is 2. The van der Waals surface area contributed by atoms with Gasteiger partial charge in [-0.2, -0.15) is 5.10 Å². The van der Waals surface area contributed by atoms with Crippen molar-refractivity contribution in [3.63, 3.8) is 0 Å². The van der Waals surface area contributed by atoms with Gasteiger partial charge in [0.05, 0.1) is 11.3 Å². The average Bonchev–Trinajstić information content (AvgIpc) is 3.25. The van der Waals surface area contributed by atoms with Crippen LogP contribution >= 0.6 is 0 Å². The van der Waals surface area contributed by atoms with Crippen molar-refractivity contribution in [3.8, 4) is 16.9 Å². The number of para-hydroxylation sites is 1. The lowest BCUT2D eigenvalue weighted by Gasteiger charge is -2.33. The van der Waals surface area contributed by atoms with Crippen LogP contribution in [0.15, 0.2) is 61.1 Å². The molecule has 2 amide bonds. The maximum Gasteiger partial charge on any atom is 0.410 e. The van der Waals surface area contributed by atoms with Crippen LogP contribution in [0.5, 0.6) is 0 Å². The van der Waals surface area contributed by atoms with Gasteiger partial charge in [-0.05, 0) is 57.9 Å². The molecule has 33 heavy (non-hydrogen) atoms. The third-order valence-corrected chi connectivity index (χ3v) is 5.40. The fraction of sp³-hybridized carbons (Fsp3) is 0.360. The zero-order valence-corrected chi connectivity index (χ0v) is 19.2. The summed E-state index contributed by atoms with van der Waals surface area (Å²) >= 11 is 0. The first-order chi connectivity index (χ1) is 15.8. The smallest absolute Gasteiger partial charge is 0.410 e. The Kier molecular flexibility index (Phi) is 6.44. The Morgan fingerprint density at radius 3 is 2.42 bits per heavy atom. The summed E-state index contributed by atoms with van der Waals surface area (Å²) in [5.74, 6) is -0.188. The lowest BCUT2D eigenvalue weighted by Crippen LogP contribution is -2.47. The number of nitrogens with one attached hydrogen (secondary N) is 1. The minimum absolute atomic E-state index is 0.0296. The highest BCUT2D eigenvalue weighted by Gasteiger charge is 2.28. The topological polar surface area (TPSA) is 89.4 Å². The van der Waals surface area contributed by atoms with E-state index in [4.69, 9.17) is 4.74 Å². The summed E-state index contributed by atoms with van der Waals surface area (Å²) in [5, 5.41) is 7.81. The van der Waals surface area contributed by atoms with Crippen LogP contribution in [0.2, 0.25) is 0 Å². The van der Waals surface area contributed by atoms with Crippen LogP contribution in [0.1, 0.15) is 44.0 Å². The number of ether oxygens (including phenoxy) is 1. The van der Waals surface area contributed by atoms with Crippen LogP contribution in [0, 0.1) is 0 Å². The minimum Gasteiger partial charge on any atom is -0.444 e. The van der Waals surface area contributed by atoms with Crippen molar-refractivity contribution in [1.29, 1.82) is 0 Å². The van der Waals surface area contributed by atoms with E-state index in [0.717, 1.165) is 11.3 Å². The molecule has 1 N–H and O–H groups in total. The third kappa shape index (κ3) is 5.58. The highest BCUT2D eigenvalue weighted by Crippen LogP contribution is 2.24. The molecule has 1 saturated heterocycles. The van der Waals surface area contributed by atoms with E-state index in [1.165, 1.54) is 0 Å². The second-order valence-electron chi connectivity index (χ2n) is 9.13. The Morgan fingerprint density at radius 1 is 1.06 bits per heavy atom. The molecule has 1 aliphatic rings. The molecule has 8 nitrogen and oxygen atoms in total. The first kappa shape index (κ1) is 22.5. The molecule has 4 rings (SSSR count). The summed E-state index contributed by atoms with van der Waals surface area (Å²) < 4.78 is 7.17. The van der Waals surface area contributed by atoms with Crippen molar-refractivity contribution in [3.05, 3.63) is 66.6 Å². The van der Waals surface area contributed by atoms with E-state index in [2.05, 4.69) is 15.4 Å². The molecule has 0 aliphatic carbocycles. The Morgan fingerprint density at radius 2 is 1.79 bits per heavy atom. The molecular weight excluding hydrogens is 418 g/mol. The van der Waals surface area contributed by atoms with E-state index < -0.39 is 5.60 Å². The van der Waals surface area contributed by atoms with Crippen LogP contribution in [-0.4, -0.2) is 56.4 Å². The molecule has 1 aromatic carbocycles. The van der Waals surface area contributed by atoms with Crippen molar-refractivity contribution in [1.82, 2.24) is 25.0 Å². The number of likely N-dealkylation sites (tertiary alicyclic amines) is 1. The molecule has 8 heteroatoms. The lowest BCUT2D eigenvalue weighted by molar-refractivity contribution is 0.0199. The van der Waals surface area contributed by atoms with Gasteiger partial charge in [0.1, 0.15) is 11.3 Å². The summed E-state index contributed by atoms with van der Waals surface area (Å²) in [7, 11) is 0. The number of piperidine rings is 1. The van der Waals surface area contributed by atoms with Gasteiger partial charge in [-0.1, -0.05) is 18.2 Å². The Hall–Kier alpha value is -3.68. The normalized spacial score (nSPS) is 14.7. The van der Waals surface area contributed by atoms with E-state index >= 15 is 0 Å². The highest BCUT2D eigenvalue weighted by atomic mass is 16.6. The predicted octanol–water partition coefficient (Wildman–Crippen LogP) is 4.06. The van der Waals surface area contributed by atoms with Gasteiger partial charge < -0.3 is 15.0 Å². The van der Waals surface area contributed by atoms with Gasteiger partial charge in [-0.3, -0.25) is 9.78 Å². The minimum atomic E-state index is -0.524. The molecule has 0 unspecified atom stereocenters. The number of carbonyl (C=O) groups is 2. The van der Waals surface area contributed by atoms with Gasteiger partial charge in [0, 0.05) is 43.3 Å². The molecule has 172 valence electrons. The molecule has 2 aromatic heterocycles. The van der Waals surface area contributed by atoms with Crippen molar-refractivity contribution in [2.45, 2.75) is 45.3 Å². The summed E-state index contributed by atoms with van der Waals surface area (Å²) in [4.78, 5) is 31.4. The summed E-state index contributed by atoms with van der Waals surface area (Å²) in [5.41, 5.74) is 2.19. The van der Waals surface area contributed by atoms with Crippen molar-refractivity contribution in [2.24, 2.45) is 0 Å². The van der Waals surface area contributed by atoms with Crippen LogP contribution in [-0.2, 0) is 4.74 Å². The predicted molar refractivity (Wildman–Crippen MR) is 125 cm³/mol. The van der Waals surface area contributed by atoms with Gasteiger partial charge in [0.25, 0.3) is 5.91 Å². The van der Waals surface area contributed by atoms with Crippen LogP contribution in [0.3, 0.4) is 0 Å². The molecule has 0 atom stereocenters. The molecular formula is C25H29N5O3. The third-order valence-electron chi connectivity index (χ3n) is 5.40. The van der Waals surface area contributed by atoms with Crippen LogP contribution < -0.4 is 5.32 Å². The van der Waals surface area contributed by atoms with Crippen molar-refractivity contribution in [2.75, 3.05) is 13.1 Å². The van der Waals surface area contributed by atoms with Gasteiger partial charge in [-0.15, -0.1) is 0 Å². The largest absolute Gasteiger partial charge is 0.444 e. The van der Waals surface area contributed by atoms with Crippen LogP contribution in [0.25, 0.3) is 16.9 Å². The Bertz CT molecular complexity index is 1100. The number of carbonyl (C=O) groups excluding carboxylic acids is 2. The van der Waals surface area contributed by atoms with E-state index in [1.54, 1.807) is 28.2 Å². The van der Waals surface area contributed by atoms with E-state index in [1.807, 2.05) is 63.2 Å². The molecule has 0 bridgehead atoms. The molecule has 1 aliphatic heterocycles. The number of aromatic nitrogens is 3. The van der Waals surface area contributed by atoms with E-state index in [9.17, 15) is 9.59 Å². The standard InChI is InChI=1S/C25H29N5O3/c1-25(2,3)33-24(32)29-14-11-19(12-15-29)27-23(31)21-17-30(20-9-5-4-6-10-20)28-22(21)18-8-7-13-26-16-18/h4-10,13,16-17,19H,11-12,14-15H2,1-3H3,(H,27,31). The number of rotatable bonds is 4. The van der Waals surface area contributed by atoms with Gasteiger partial charge in [0.15, 0.2) is 0 Å². The first-order valence-electron chi connectivity index (χ1n) is 11.1. The van der Waals surface area contributed by atoms with Crippen molar-refractivity contribution >= 4 is 12.0 Å². The van der Waals surface area contributed by atoms with E-state index in [0.29, 0.717) is 37.2 Å². The number of nitrogens with zero attached hydrogens (tertiary/aromatic N) is 4. The molecule has 1 fully saturated rings.